The number of nitrogens with zero attached hydrogens (tertiary/aromatic N) is 1. The van der Waals surface area contributed by atoms with Crippen LogP contribution in [0, 0.1) is 5.41 Å². The van der Waals surface area contributed by atoms with Gasteiger partial charge < -0.3 is 15.6 Å². The molecule has 4 heteroatoms. The summed E-state index contributed by atoms with van der Waals surface area (Å²) in [4.78, 5) is 4.18. The summed E-state index contributed by atoms with van der Waals surface area (Å²) < 4.78 is 5.00. The number of hydrogen-bond acceptors (Lipinski definition) is 4. The van der Waals surface area contributed by atoms with E-state index in [9.17, 15) is 5.11 Å². The maximum absolute atomic E-state index is 10.1. The third-order valence-corrected chi connectivity index (χ3v) is 2.50. The van der Waals surface area contributed by atoms with Gasteiger partial charge in [0, 0.05) is 18.0 Å². The highest BCUT2D eigenvalue weighted by molar-refractivity contribution is 5.18. The van der Waals surface area contributed by atoms with Gasteiger partial charge in [0.2, 0.25) is 5.88 Å². The molecule has 0 fully saturated rings. The van der Waals surface area contributed by atoms with Crippen LogP contribution in [0.25, 0.3) is 0 Å². The Bertz CT molecular complexity index is 326. The molecule has 0 amide bonds. The molecule has 0 aliphatic carbocycles. The Labute approximate surface area is 90.1 Å². The Hall–Kier alpha value is -1.13. The molecule has 4 nitrogen and oxygen atoms in total. The average Bonchev–Trinajstić information content (AvgIpc) is 2.28. The van der Waals surface area contributed by atoms with Crippen molar-refractivity contribution in [2.24, 2.45) is 11.1 Å². The zero-order valence-electron chi connectivity index (χ0n) is 9.40. The second kappa shape index (κ2) is 4.59. The molecule has 1 aromatic heterocycles. The lowest BCUT2D eigenvalue weighted by Gasteiger charge is -2.28. The number of aromatic nitrogens is 1. The largest absolute Gasteiger partial charge is 0.481 e. The van der Waals surface area contributed by atoms with Crippen molar-refractivity contribution in [3.05, 3.63) is 23.9 Å². The minimum atomic E-state index is -0.683. The molecule has 1 atom stereocenters. The van der Waals surface area contributed by atoms with Crippen LogP contribution >= 0.6 is 0 Å². The summed E-state index contributed by atoms with van der Waals surface area (Å²) in [6, 6.07) is 5.31. The van der Waals surface area contributed by atoms with E-state index >= 15 is 0 Å². The molecular formula is C11H18N2O2. The third kappa shape index (κ3) is 2.67. The molecule has 0 aromatic carbocycles. The van der Waals surface area contributed by atoms with E-state index in [1.165, 1.54) is 0 Å². The lowest BCUT2D eigenvalue weighted by atomic mass is 9.85. The van der Waals surface area contributed by atoms with E-state index in [-0.39, 0.29) is 5.41 Å². The first-order chi connectivity index (χ1) is 7.01. The van der Waals surface area contributed by atoms with Crippen LogP contribution < -0.4 is 10.5 Å². The smallest absolute Gasteiger partial charge is 0.213 e. The molecule has 0 saturated heterocycles. The van der Waals surface area contributed by atoms with E-state index < -0.39 is 6.10 Å². The van der Waals surface area contributed by atoms with Crippen LogP contribution in [0.1, 0.15) is 25.6 Å². The Morgan fingerprint density at radius 3 is 2.73 bits per heavy atom. The van der Waals surface area contributed by atoms with E-state index in [2.05, 4.69) is 4.98 Å². The first kappa shape index (κ1) is 11.9. The van der Waals surface area contributed by atoms with Crippen molar-refractivity contribution in [1.82, 2.24) is 4.98 Å². The molecule has 3 N–H and O–H groups in total. The molecule has 1 aromatic rings. The normalized spacial score (nSPS) is 13.7. The Kier molecular flexibility index (Phi) is 3.66. The summed E-state index contributed by atoms with van der Waals surface area (Å²) in [6.45, 7) is 4.20. The van der Waals surface area contributed by atoms with Gasteiger partial charge in [-0.3, -0.25) is 0 Å². The molecule has 1 heterocycles. The van der Waals surface area contributed by atoms with Crippen molar-refractivity contribution >= 4 is 0 Å². The predicted octanol–water partition coefficient (Wildman–Crippen LogP) is 1.11. The molecule has 1 unspecified atom stereocenters. The topological polar surface area (TPSA) is 68.4 Å². The fourth-order valence-electron chi connectivity index (χ4n) is 1.21. The highest BCUT2D eigenvalue weighted by Gasteiger charge is 2.28. The SMILES string of the molecule is COc1cccc(C(O)C(C)(C)CN)n1. The van der Waals surface area contributed by atoms with Crippen LogP contribution in [-0.4, -0.2) is 23.7 Å². The molecule has 0 aliphatic heterocycles. The highest BCUT2D eigenvalue weighted by atomic mass is 16.5. The molecule has 0 aliphatic rings. The van der Waals surface area contributed by atoms with Crippen molar-refractivity contribution < 1.29 is 9.84 Å². The quantitative estimate of drug-likeness (QED) is 0.781. The van der Waals surface area contributed by atoms with E-state index in [4.69, 9.17) is 10.5 Å². The number of methoxy groups -OCH3 is 1. The van der Waals surface area contributed by atoms with Crippen LogP contribution in [0.2, 0.25) is 0 Å². The molecule has 0 radical (unpaired) electrons. The minimum Gasteiger partial charge on any atom is -0.481 e. The Morgan fingerprint density at radius 1 is 1.53 bits per heavy atom. The second-order valence-electron chi connectivity index (χ2n) is 4.20. The van der Waals surface area contributed by atoms with E-state index in [0.29, 0.717) is 18.1 Å². The van der Waals surface area contributed by atoms with Crippen LogP contribution in [0.4, 0.5) is 0 Å². The number of ether oxygens (including phenoxy) is 1. The molecule has 0 spiro atoms. The second-order valence-corrected chi connectivity index (χ2v) is 4.20. The van der Waals surface area contributed by atoms with Gasteiger partial charge in [-0.15, -0.1) is 0 Å². The summed E-state index contributed by atoms with van der Waals surface area (Å²) >= 11 is 0. The van der Waals surface area contributed by atoms with Gasteiger partial charge in [-0.2, -0.15) is 0 Å². The van der Waals surface area contributed by atoms with Crippen LogP contribution in [0.15, 0.2) is 18.2 Å². The summed E-state index contributed by atoms with van der Waals surface area (Å²) in [5, 5.41) is 10.1. The van der Waals surface area contributed by atoms with Gasteiger partial charge in [-0.05, 0) is 6.07 Å². The van der Waals surface area contributed by atoms with Crippen LogP contribution in [0.3, 0.4) is 0 Å². The van der Waals surface area contributed by atoms with Gasteiger partial charge >= 0.3 is 0 Å². The number of hydrogen-bond donors (Lipinski definition) is 2. The highest BCUT2D eigenvalue weighted by Crippen LogP contribution is 2.31. The molecule has 0 saturated carbocycles. The number of aliphatic hydroxyl groups is 1. The summed E-state index contributed by atoms with van der Waals surface area (Å²) in [5.74, 6) is 0.499. The summed E-state index contributed by atoms with van der Waals surface area (Å²) in [7, 11) is 1.55. The Morgan fingerprint density at radius 2 is 2.20 bits per heavy atom. The standard InChI is InChI=1S/C11H18N2O2/c1-11(2,7-12)10(14)8-5-4-6-9(13-8)15-3/h4-6,10,14H,7,12H2,1-3H3. The van der Waals surface area contributed by atoms with Crippen molar-refractivity contribution in [2.45, 2.75) is 20.0 Å². The van der Waals surface area contributed by atoms with Crippen molar-refractivity contribution in [3.63, 3.8) is 0 Å². The summed E-state index contributed by atoms with van der Waals surface area (Å²) in [6.07, 6.45) is -0.683. The van der Waals surface area contributed by atoms with E-state index in [1.807, 2.05) is 13.8 Å². The molecule has 15 heavy (non-hydrogen) atoms. The van der Waals surface area contributed by atoms with Gasteiger partial charge in [-0.1, -0.05) is 19.9 Å². The van der Waals surface area contributed by atoms with Crippen LogP contribution in [-0.2, 0) is 0 Å². The van der Waals surface area contributed by atoms with Gasteiger partial charge in [0.15, 0.2) is 0 Å². The zero-order chi connectivity index (χ0) is 11.5. The minimum absolute atomic E-state index is 0.390. The average molecular weight is 210 g/mol. The van der Waals surface area contributed by atoms with Gasteiger partial charge in [-0.25, -0.2) is 4.98 Å². The fourth-order valence-corrected chi connectivity index (χ4v) is 1.21. The number of pyridine rings is 1. The predicted molar refractivity (Wildman–Crippen MR) is 58.6 cm³/mol. The molecule has 1 rings (SSSR count). The first-order valence-electron chi connectivity index (χ1n) is 4.90. The third-order valence-electron chi connectivity index (χ3n) is 2.50. The van der Waals surface area contributed by atoms with Gasteiger partial charge in [0.05, 0.1) is 12.8 Å². The van der Waals surface area contributed by atoms with E-state index in [1.54, 1.807) is 25.3 Å². The maximum Gasteiger partial charge on any atom is 0.213 e. The molecular weight excluding hydrogens is 192 g/mol. The van der Waals surface area contributed by atoms with Crippen LogP contribution in [0.5, 0.6) is 5.88 Å². The number of aliphatic hydroxyl groups excluding tert-OH is 1. The fraction of sp³-hybridized carbons (Fsp3) is 0.545. The lowest BCUT2D eigenvalue weighted by Crippen LogP contribution is -2.31. The van der Waals surface area contributed by atoms with Crippen molar-refractivity contribution in [2.75, 3.05) is 13.7 Å². The lowest BCUT2D eigenvalue weighted by molar-refractivity contribution is 0.0514. The summed E-state index contributed by atoms with van der Waals surface area (Å²) in [5.41, 5.74) is 5.79. The number of rotatable bonds is 4. The monoisotopic (exact) mass is 210 g/mol. The van der Waals surface area contributed by atoms with Gasteiger partial charge in [0.1, 0.15) is 6.10 Å². The molecule has 84 valence electrons. The van der Waals surface area contributed by atoms with Gasteiger partial charge in [0.25, 0.3) is 0 Å². The maximum atomic E-state index is 10.1. The number of nitrogens with two attached hydrogens (primary N) is 1. The first-order valence-corrected chi connectivity index (χ1v) is 4.90. The molecule has 0 bridgehead atoms. The van der Waals surface area contributed by atoms with E-state index in [0.717, 1.165) is 0 Å². The zero-order valence-corrected chi connectivity index (χ0v) is 9.40. The van der Waals surface area contributed by atoms with Crippen molar-refractivity contribution in [1.29, 1.82) is 0 Å². The van der Waals surface area contributed by atoms with Crippen molar-refractivity contribution in [3.8, 4) is 5.88 Å². The Balaban J connectivity index is 2.95.